The van der Waals surface area contributed by atoms with Crippen LogP contribution in [-0.4, -0.2) is 39.5 Å². The Balaban J connectivity index is 3.17. The van der Waals surface area contributed by atoms with Crippen molar-refractivity contribution in [2.75, 3.05) is 20.8 Å². The maximum Gasteiger partial charge on any atom is 0.243 e. The number of nitrogens with zero attached hydrogens (tertiary/aromatic N) is 1. The summed E-state index contributed by atoms with van der Waals surface area (Å²) >= 11 is 3.30. The van der Waals surface area contributed by atoms with Gasteiger partial charge in [-0.25, -0.2) is 8.42 Å². The van der Waals surface area contributed by atoms with Gasteiger partial charge in [0, 0.05) is 24.7 Å². The molecule has 102 valence electrons. The van der Waals surface area contributed by atoms with Crippen LogP contribution >= 0.6 is 15.9 Å². The van der Waals surface area contributed by atoms with E-state index in [1.54, 1.807) is 33.2 Å². The van der Waals surface area contributed by atoms with Gasteiger partial charge in [-0.3, -0.25) is 0 Å². The van der Waals surface area contributed by atoms with Crippen LogP contribution in [0.2, 0.25) is 0 Å². The largest absolute Gasteiger partial charge is 0.383 e. The Morgan fingerprint density at radius 3 is 2.61 bits per heavy atom. The molecule has 0 heterocycles. The molecule has 0 N–H and O–H groups in total. The molecule has 0 spiro atoms. The van der Waals surface area contributed by atoms with Crippen LogP contribution in [0.1, 0.15) is 12.5 Å². The average molecular weight is 336 g/mol. The summed E-state index contributed by atoms with van der Waals surface area (Å²) in [5.41, 5.74) is 0.731. The minimum absolute atomic E-state index is 0.210. The summed E-state index contributed by atoms with van der Waals surface area (Å²) in [5, 5.41) is 0. The SMILES string of the molecule is COCC(C)N(C)S(=O)(=O)c1cc(Br)ccc1C. The molecule has 1 unspecified atom stereocenters. The molecule has 0 amide bonds. The van der Waals surface area contributed by atoms with Gasteiger partial charge in [-0.2, -0.15) is 4.31 Å². The second-order valence-electron chi connectivity index (χ2n) is 4.24. The quantitative estimate of drug-likeness (QED) is 0.830. The van der Waals surface area contributed by atoms with Crippen molar-refractivity contribution in [3.05, 3.63) is 28.2 Å². The number of hydrogen-bond acceptors (Lipinski definition) is 3. The lowest BCUT2D eigenvalue weighted by molar-refractivity contribution is 0.149. The molecule has 0 aliphatic carbocycles. The Bertz CT molecular complexity index is 516. The lowest BCUT2D eigenvalue weighted by Gasteiger charge is -2.24. The van der Waals surface area contributed by atoms with E-state index >= 15 is 0 Å². The molecule has 18 heavy (non-hydrogen) atoms. The first-order valence-corrected chi connectivity index (χ1v) is 7.77. The normalized spacial score (nSPS) is 13.9. The van der Waals surface area contributed by atoms with Crippen LogP contribution in [-0.2, 0) is 14.8 Å². The van der Waals surface area contributed by atoms with Crippen molar-refractivity contribution in [3.8, 4) is 0 Å². The third-order valence-corrected chi connectivity index (χ3v) is 5.44. The van der Waals surface area contributed by atoms with Gasteiger partial charge in [0.1, 0.15) is 0 Å². The zero-order chi connectivity index (χ0) is 13.9. The van der Waals surface area contributed by atoms with Crippen molar-refractivity contribution >= 4 is 26.0 Å². The summed E-state index contributed by atoms with van der Waals surface area (Å²) in [6, 6.07) is 5.03. The minimum Gasteiger partial charge on any atom is -0.383 e. The van der Waals surface area contributed by atoms with Gasteiger partial charge in [-0.05, 0) is 31.5 Å². The van der Waals surface area contributed by atoms with Gasteiger partial charge >= 0.3 is 0 Å². The number of halogens is 1. The maximum atomic E-state index is 12.5. The smallest absolute Gasteiger partial charge is 0.243 e. The average Bonchev–Trinajstić information content (AvgIpc) is 2.31. The Kier molecular flexibility index (Phi) is 5.33. The van der Waals surface area contributed by atoms with Gasteiger partial charge in [-0.15, -0.1) is 0 Å². The van der Waals surface area contributed by atoms with E-state index in [0.717, 1.165) is 10.0 Å². The Morgan fingerprint density at radius 1 is 1.44 bits per heavy atom. The van der Waals surface area contributed by atoms with Gasteiger partial charge in [0.05, 0.1) is 11.5 Å². The van der Waals surface area contributed by atoms with Crippen LogP contribution in [0.25, 0.3) is 0 Å². The Morgan fingerprint density at radius 2 is 2.06 bits per heavy atom. The minimum atomic E-state index is -3.49. The molecule has 0 aliphatic heterocycles. The predicted molar refractivity (Wildman–Crippen MR) is 75.2 cm³/mol. The first kappa shape index (κ1) is 15.6. The van der Waals surface area contributed by atoms with E-state index in [2.05, 4.69) is 15.9 Å². The van der Waals surface area contributed by atoms with Crippen LogP contribution in [0.3, 0.4) is 0 Å². The number of rotatable bonds is 5. The molecule has 1 aromatic rings. The summed E-state index contributed by atoms with van der Waals surface area (Å²) < 4.78 is 32.0. The van der Waals surface area contributed by atoms with E-state index in [1.807, 2.05) is 13.0 Å². The molecule has 0 radical (unpaired) electrons. The molecule has 0 bridgehead atoms. The fourth-order valence-electron chi connectivity index (χ4n) is 1.59. The number of aryl methyl sites for hydroxylation is 1. The van der Waals surface area contributed by atoms with Gasteiger partial charge < -0.3 is 4.74 Å². The molecule has 1 rings (SSSR count). The van der Waals surface area contributed by atoms with Crippen LogP contribution in [0.4, 0.5) is 0 Å². The van der Waals surface area contributed by atoms with Crippen molar-refractivity contribution in [3.63, 3.8) is 0 Å². The summed E-state index contributed by atoms with van der Waals surface area (Å²) in [6.07, 6.45) is 0. The molecule has 0 saturated carbocycles. The van der Waals surface area contributed by atoms with Crippen molar-refractivity contribution in [2.24, 2.45) is 0 Å². The lowest BCUT2D eigenvalue weighted by Crippen LogP contribution is -2.38. The first-order valence-electron chi connectivity index (χ1n) is 5.53. The molecule has 0 aromatic heterocycles. The summed E-state index contributed by atoms with van der Waals surface area (Å²) in [4.78, 5) is 0.322. The summed E-state index contributed by atoms with van der Waals surface area (Å²) in [7, 11) is -0.365. The van der Waals surface area contributed by atoms with Crippen molar-refractivity contribution in [1.82, 2.24) is 4.31 Å². The monoisotopic (exact) mass is 335 g/mol. The second kappa shape index (κ2) is 6.14. The number of ether oxygens (including phenoxy) is 1. The third-order valence-electron chi connectivity index (χ3n) is 2.84. The molecular formula is C12H18BrNO3S. The van der Waals surface area contributed by atoms with Gasteiger partial charge in [0.25, 0.3) is 0 Å². The molecule has 0 fully saturated rings. The highest BCUT2D eigenvalue weighted by Crippen LogP contribution is 2.24. The highest BCUT2D eigenvalue weighted by atomic mass is 79.9. The number of sulfonamides is 1. The molecule has 0 saturated heterocycles. The third kappa shape index (κ3) is 3.32. The topological polar surface area (TPSA) is 46.6 Å². The van der Waals surface area contributed by atoms with E-state index < -0.39 is 10.0 Å². The number of likely N-dealkylation sites (N-methyl/N-ethyl adjacent to an activating group) is 1. The predicted octanol–water partition coefficient (Wildman–Crippen LogP) is 2.41. The van der Waals surface area contributed by atoms with E-state index in [-0.39, 0.29) is 6.04 Å². The van der Waals surface area contributed by atoms with Crippen LogP contribution in [0.15, 0.2) is 27.6 Å². The maximum absolute atomic E-state index is 12.5. The van der Waals surface area contributed by atoms with E-state index in [0.29, 0.717) is 11.5 Å². The van der Waals surface area contributed by atoms with Gasteiger partial charge in [0.2, 0.25) is 10.0 Å². The number of methoxy groups -OCH3 is 1. The fourth-order valence-corrected chi connectivity index (χ4v) is 3.70. The Hall–Kier alpha value is -0.430. The lowest BCUT2D eigenvalue weighted by atomic mass is 10.2. The van der Waals surface area contributed by atoms with Crippen LogP contribution in [0, 0.1) is 6.92 Å². The van der Waals surface area contributed by atoms with Crippen molar-refractivity contribution in [2.45, 2.75) is 24.8 Å². The van der Waals surface area contributed by atoms with E-state index in [4.69, 9.17) is 4.74 Å². The molecular weight excluding hydrogens is 318 g/mol. The van der Waals surface area contributed by atoms with Crippen LogP contribution in [0.5, 0.6) is 0 Å². The van der Waals surface area contributed by atoms with Crippen molar-refractivity contribution < 1.29 is 13.2 Å². The molecule has 0 aliphatic rings. The highest BCUT2D eigenvalue weighted by molar-refractivity contribution is 9.10. The zero-order valence-corrected chi connectivity index (χ0v) is 13.4. The fraction of sp³-hybridized carbons (Fsp3) is 0.500. The highest BCUT2D eigenvalue weighted by Gasteiger charge is 2.26. The van der Waals surface area contributed by atoms with Gasteiger partial charge in [-0.1, -0.05) is 22.0 Å². The second-order valence-corrected chi connectivity index (χ2v) is 7.12. The van der Waals surface area contributed by atoms with E-state index in [1.165, 1.54) is 4.31 Å². The summed E-state index contributed by atoms with van der Waals surface area (Å²) in [5.74, 6) is 0. The molecule has 1 atom stereocenters. The zero-order valence-electron chi connectivity index (χ0n) is 11.0. The standard InChI is InChI=1S/C12H18BrNO3S/c1-9-5-6-11(13)7-12(9)18(15,16)14(3)10(2)8-17-4/h5-7,10H,8H2,1-4H3. The molecule has 4 nitrogen and oxygen atoms in total. The Labute approximate surface area is 117 Å². The molecule has 1 aromatic carbocycles. The first-order chi connectivity index (χ1) is 8.30. The molecule has 6 heteroatoms. The van der Waals surface area contributed by atoms with E-state index in [9.17, 15) is 8.42 Å². The summed E-state index contributed by atoms with van der Waals surface area (Å²) in [6.45, 7) is 3.96. The van der Waals surface area contributed by atoms with Crippen molar-refractivity contribution in [1.29, 1.82) is 0 Å². The number of benzene rings is 1. The number of hydrogen-bond donors (Lipinski definition) is 0. The van der Waals surface area contributed by atoms with Gasteiger partial charge in [0.15, 0.2) is 0 Å². The van der Waals surface area contributed by atoms with Crippen LogP contribution < -0.4 is 0 Å².